The monoisotopic (exact) mass is 187 g/mol. The molecule has 5 N–H and O–H groups in total. The van der Waals surface area contributed by atoms with Crippen molar-refractivity contribution in [2.45, 2.75) is 6.04 Å². The molecule has 0 saturated carbocycles. The predicted molar refractivity (Wildman–Crippen MR) is 59.8 cm³/mol. The zero-order valence-electron chi connectivity index (χ0n) is 7.83. The lowest BCUT2D eigenvalue weighted by atomic mass is 10.2. The number of H-pyrrole nitrogens is 1. The fourth-order valence-electron chi connectivity index (χ4n) is 1.48. The van der Waals surface area contributed by atoms with Gasteiger partial charge in [0, 0.05) is 22.3 Å². The number of rotatable bonds is 2. The van der Waals surface area contributed by atoms with Crippen molar-refractivity contribution in [3.63, 3.8) is 0 Å². The number of benzene rings is 1. The highest BCUT2D eigenvalue weighted by Crippen LogP contribution is 2.21. The van der Waals surface area contributed by atoms with Crippen molar-refractivity contribution < 1.29 is 0 Å². The zero-order valence-corrected chi connectivity index (χ0v) is 7.83. The van der Waals surface area contributed by atoms with E-state index < -0.39 is 0 Å². The number of aromatic nitrogens is 1. The van der Waals surface area contributed by atoms with Crippen LogP contribution in [0.3, 0.4) is 0 Å². The topological polar surface area (TPSA) is 67.8 Å². The lowest BCUT2D eigenvalue weighted by Crippen LogP contribution is -2.06. The van der Waals surface area contributed by atoms with Crippen LogP contribution in [0.25, 0.3) is 10.9 Å². The molecule has 0 saturated heterocycles. The highest BCUT2D eigenvalue weighted by molar-refractivity contribution is 5.83. The third-order valence-corrected chi connectivity index (χ3v) is 2.28. The van der Waals surface area contributed by atoms with Crippen molar-refractivity contribution in [1.82, 2.24) is 4.98 Å². The Morgan fingerprint density at radius 1 is 1.36 bits per heavy atom. The molecule has 1 aromatic heterocycles. The highest BCUT2D eigenvalue weighted by atomic mass is 14.8. The number of hydrogen-bond donors (Lipinski definition) is 3. The van der Waals surface area contributed by atoms with Gasteiger partial charge in [0.05, 0.1) is 6.04 Å². The molecular formula is C11H13N3. The number of aromatic amines is 1. The van der Waals surface area contributed by atoms with E-state index in [1.165, 1.54) is 0 Å². The van der Waals surface area contributed by atoms with Crippen LogP contribution in [0.5, 0.6) is 0 Å². The smallest absolute Gasteiger partial charge is 0.0631 e. The van der Waals surface area contributed by atoms with Gasteiger partial charge in [-0.05, 0) is 24.3 Å². The normalized spacial score (nSPS) is 12.9. The van der Waals surface area contributed by atoms with E-state index in [0.29, 0.717) is 0 Å². The van der Waals surface area contributed by atoms with Crippen LogP contribution in [0.1, 0.15) is 11.7 Å². The van der Waals surface area contributed by atoms with E-state index in [-0.39, 0.29) is 6.04 Å². The van der Waals surface area contributed by atoms with Crippen molar-refractivity contribution in [1.29, 1.82) is 0 Å². The van der Waals surface area contributed by atoms with Crippen molar-refractivity contribution in [2.75, 3.05) is 5.73 Å². The van der Waals surface area contributed by atoms with E-state index in [1.807, 2.05) is 24.3 Å². The Kier molecular flexibility index (Phi) is 2.02. The molecule has 3 heteroatoms. The second-order valence-electron chi connectivity index (χ2n) is 3.33. The minimum absolute atomic E-state index is 0.149. The molecule has 0 aliphatic carbocycles. The molecule has 0 bridgehead atoms. The molecule has 0 amide bonds. The first kappa shape index (κ1) is 8.84. The molecule has 0 radical (unpaired) electrons. The summed E-state index contributed by atoms with van der Waals surface area (Å²) in [6.07, 6.45) is 1.70. The quantitative estimate of drug-likeness (QED) is 0.496. The van der Waals surface area contributed by atoms with E-state index in [2.05, 4.69) is 11.6 Å². The lowest BCUT2D eigenvalue weighted by molar-refractivity contribution is 0.880. The van der Waals surface area contributed by atoms with Crippen LogP contribution in [-0.2, 0) is 0 Å². The number of nitrogens with two attached hydrogens (primary N) is 2. The molecular weight excluding hydrogens is 174 g/mol. The maximum atomic E-state index is 5.82. The standard InChI is InChI=1S/C11H13N3/c1-2-9(13)11-6-7-5-8(12)3-4-10(7)14-11/h2-6,9,14H,1,12-13H2. The third kappa shape index (κ3) is 1.38. The van der Waals surface area contributed by atoms with Gasteiger partial charge in [0.1, 0.15) is 0 Å². The minimum atomic E-state index is -0.149. The van der Waals surface area contributed by atoms with Crippen LogP contribution in [-0.4, -0.2) is 4.98 Å². The molecule has 0 fully saturated rings. The van der Waals surface area contributed by atoms with E-state index >= 15 is 0 Å². The molecule has 1 aromatic carbocycles. The van der Waals surface area contributed by atoms with E-state index in [4.69, 9.17) is 11.5 Å². The van der Waals surface area contributed by atoms with E-state index in [1.54, 1.807) is 6.08 Å². The number of fused-ring (bicyclic) bond motifs is 1. The van der Waals surface area contributed by atoms with Gasteiger partial charge in [-0.15, -0.1) is 6.58 Å². The first-order valence-electron chi connectivity index (χ1n) is 4.47. The number of nitrogen functional groups attached to an aromatic ring is 1. The summed E-state index contributed by atoms with van der Waals surface area (Å²) in [6, 6.07) is 7.58. The Hall–Kier alpha value is -1.74. The van der Waals surface area contributed by atoms with Gasteiger partial charge in [0.15, 0.2) is 0 Å². The van der Waals surface area contributed by atoms with Gasteiger partial charge in [-0.25, -0.2) is 0 Å². The fraction of sp³-hybridized carbons (Fsp3) is 0.0909. The van der Waals surface area contributed by atoms with E-state index in [9.17, 15) is 0 Å². The molecule has 72 valence electrons. The summed E-state index contributed by atoms with van der Waals surface area (Å²) in [5, 5.41) is 1.08. The number of nitrogens with one attached hydrogen (secondary N) is 1. The zero-order chi connectivity index (χ0) is 10.1. The molecule has 2 rings (SSSR count). The average Bonchev–Trinajstić information content (AvgIpc) is 2.59. The van der Waals surface area contributed by atoms with Crippen molar-refractivity contribution in [3.8, 4) is 0 Å². The summed E-state index contributed by atoms with van der Waals surface area (Å²) in [4.78, 5) is 3.22. The van der Waals surface area contributed by atoms with Crippen LogP contribution >= 0.6 is 0 Å². The Balaban J connectivity index is 2.56. The van der Waals surface area contributed by atoms with Crippen LogP contribution in [0.2, 0.25) is 0 Å². The van der Waals surface area contributed by atoms with Crippen LogP contribution < -0.4 is 11.5 Å². The van der Waals surface area contributed by atoms with Gasteiger partial charge in [-0.3, -0.25) is 0 Å². The van der Waals surface area contributed by atoms with Crippen LogP contribution in [0, 0.1) is 0 Å². The van der Waals surface area contributed by atoms with E-state index in [0.717, 1.165) is 22.3 Å². The van der Waals surface area contributed by atoms with Gasteiger partial charge in [-0.2, -0.15) is 0 Å². The van der Waals surface area contributed by atoms with Gasteiger partial charge in [-0.1, -0.05) is 6.08 Å². The third-order valence-electron chi connectivity index (χ3n) is 2.28. The number of hydrogen-bond acceptors (Lipinski definition) is 2. The second kappa shape index (κ2) is 3.20. The van der Waals surface area contributed by atoms with Gasteiger partial charge in [0.2, 0.25) is 0 Å². The summed E-state index contributed by atoms with van der Waals surface area (Å²) < 4.78 is 0. The van der Waals surface area contributed by atoms with Gasteiger partial charge in [0.25, 0.3) is 0 Å². The molecule has 0 spiro atoms. The number of anilines is 1. The van der Waals surface area contributed by atoms with Crippen molar-refractivity contribution in [3.05, 3.63) is 42.6 Å². The lowest BCUT2D eigenvalue weighted by Gasteiger charge is -2.00. The summed E-state index contributed by atoms with van der Waals surface area (Å²) >= 11 is 0. The Labute approximate surface area is 82.4 Å². The summed E-state index contributed by atoms with van der Waals surface area (Å²) in [5.41, 5.74) is 14.3. The van der Waals surface area contributed by atoms with Crippen molar-refractivity contribution >= 4 is 16.6 Å². The average molecular weight is 187 g/mol. The molecule has 2 aromatic rings. The summed E-state index contributed by atoms with van der Waals surface area (Å²) in [7, 11) is 0. The largest absolute Gasteiger partial charge is 0.399 e. The molecule has 3 nitrogen and oxygen atoms in total. The van der Waals surface area contributed by atoms with Gasteiger partial charge < -0.3 is 16.5 Å². The molecule has 1 atom stereocenters. The second-order valence-corrected chi connectivity index (χ2v) is 3.33. The highest BCUT2D eigenvalue weighted by Gasteiger charge is 2.05. The molecule has 0 aliphatic heterocycles. The summed E-state index contributed by atoms with van der Waals surface area (Å²) in [6.45, 7) is 3.66. The Bertz CT molecular complexity index is 470. The Morgan fingerprint density at radius 3 is 2.86 bits per heavy atom. The molecule has 1 heterocycles. The summed E-state index contributed by atoms with van der Waals surface area (Å²) in [5.74, 6) is 0. The van der Waals surface area contributed by atoms with Crippen LogP contribution in [0.4, 0.5) is 5.69 Å². The first-order valence-corrected chi connectivity index (χ1v) is 4.47. The molecule has 1 unspecified atom stereocenters. The maximum Gasteiger partial charge on any atom is 0.0631 e. The SMILES string of the molecule is C=CC(N)c1cc2cc(N)ccc2[nH]1. The van der Waals surface area contributed by atoms with Crippen LogP contribution in [0.15, 0.2) is 36.9 Å². The molecule has 14 heavy (non-hydrogen) atoms. The fourth-order valence-corrected chi connectivity index (χ4v) is 1.48. The molecule has 0 aliphatic rings. The Morgan fingerprint density at radius 2 is 2.14 bits per heavy atom. The van der Waals surface area contributed by atoms with Crippen molar-refractivity contribution in [2.24, 2.45) is 5.73 Å². The first-order chi connectivity index (χ1) is 6.70. The minimum Gasteiger partial charge on any atom is -0.399 e. The maximum absolute atomic E-state index is 5.82. The van der Waals surface area contributed by atoms with Gasteiger partial charge >= 0.3 is 0 Å². The predicted octanol–water partition coefficient (Wildman–Crippen LogP) is 1.94.